The van der Waals surface area contributed by atoms with Crippen molar-refractivity contribution in [1.82, 2.24) is 9.97 Å². The van der Waals surface area contributed by atoms with Crippen molar-refractivity contribution in [3.63, 3.8) is 0 Å². The second-order valence-corrected chi connectivity index (χ2v) is 5.89. The maximum absolute atomic E-state index is 5.48. The van der Waals surface area contributed by atoms with Gasteiger partial charge in [0.2, 0.25) is 0 Å². The summed E-state index contributed by atoms with van der Waals surface area (Å²) in [4.78, 5) is 9.02. The van der Waals surface area contributed by atoms with Gasteiger partial charge in [-0.1, -0.05) is 41.0 Å². The number of nitrogens with one attached hydrogen (secondary N) is 2. The normalized spacial score (nSPS) is 13.2. The molecule has 1 heterocycles. The highest BCUT2D eigenvalue weighted by Crippen LogP contribution is 2.22. The van der Waals surface area contributed by atoms with E-state index in [1.54, 1.807) is 0 Å². The Labute approximate surface area is 116 Å². The first-order chi connectivity index (χ1) is 8.90. The van der Waals surface area contributed by atoms with Gasteiger partial charge >= 0.3 is 0 Å². The molecule has 0 bridgehead atoms. The van der Waals surface area contributed by atoms with Crippen molar-refractivity contribution in [2.75, 3.05) is 10.7 Å². The molecule has 0 amide bonds. The number of aromatic nitrogens is 2. The quantitative estimate of drug-likeness (QED) is 0.544. The Morgan fingerprint density at radius 2 is 1.84 bits per heavy atom. The minimum Gasteiger partial charge on any atom is -0.367 e. The summed E-state index contributed by atoms with van der Waals surface area (Å²) < 4.78 is 0. The van der Waals surface area contributed by atoms with Crippen molar-refractivity contribution >= 4 is 11.6 Å². The molecular weight excluding hydrogens is 238 g/mol. The Morgan fingerprint density at radius 1 is 1.21 bits per heavy atom. The van der Waals surface area contributed by atoms with E-state index in [1.807, 2.05) is 6.07 Å². The van der Waals surface area contributed by atoms with E-state index in [4.69, 9.17) is 5.84 Å². The Hall–Kier alpha value is -1.36. The lowest BCUT2D eigenvalue weighted by molar-refractivity contribution is 0.544. The zero-order chi connectivity index (χ0) is 14.5. The van der Waals surface area contributed by atoms with Crippen LogP contribution in [0.4, 0.5) is 11.6 Å². The third kappa shape index (κ3) is 4.67. The Kier molecular flexibility index (Phi) is 5.54. The van der Waals surface area contributed by atoms with E-state index >= 15 is 0 Å². The molecule has 0 spiro atoms. The molecule has 0 fully saturated rings. The van der Waals surface area contributed by atoms with Gasteiger partial charge in [-0.25, -0.2) is 15.8 Å². The molecular formula is C14H27N5. The molecule has 1 rings (SSSR count). The van der Waals surface area contributed by atoms with Crippen LogP contribution in [-0.2, 0) is 5.41 Å². The number of nitrogen functional groups attached to an aromatic ring is 1. The van der Waals surface area contributed by atoms with Gasteiger partial charge in [-0.2, -0.15) is 0 Å². The fourth-order valence-corrected chi connectivity index (χ4v) is 1.87. The lowest BCUT2D eigenvalue weighted by atomic mass is 9.96. The van der Waals surface area contributed by atoms with Crippen LogP contribution in [0.15, 0.2) is 6.07 Å². The van der Waals surface area contributed by atoms with Gasteiger partial charge in [-0.05, 0) is 12.8 Å². The summed E-state index contributed by atoms with van der Waals surface area (Å²) in [5.41, 5.74) is 2.51. The molecule has 1 unspecified atom stereocenters. The molecule has 5 heteroatoms. The molecule has 5 nitrogen and oxygen atoms in total. The molecule has 0 saturated carbocycles. The minimum atomic E-state index is -0.101. The van der Waals surface area contributed by atoms with Crippen molar-refractivity contribution < 1.29 is 0 Å². The number of hydrazine groups is 1. The van der Waals surface area contributed by atoms with Crippen LogP contribution in [0.2, 0.25) is 0 Å². The van der Waals surface area contributed by atoms with Gasteiger partial charge in [-0.15, -0.1) is 0 Å². The minimum absolute atomic E-state index is 0.101. The molecule has 0 radical (unpaired) electrons. The van der Waals surface area contributed by atoms with Crippen molar-refractivity contribution in [1.29, 1.82) is 0 Å². The molecule has 0 aromatic carbocycles. The molecule has 1 aromatic rings. The monoisotopic (exact) mass is 265 g/mol. The zero-order valence-corrected chi connectivity index (χ0v) is 12.7. The number of anilines is 2. The van der Waals surface area contributed by atoms with Crippen molar-refractivity contribution in [3.8, 4) is 0 Å². The van der Waals surface area contributed by atoms with Gasteiger partial charge in [0.1, 0.15) is 17.5 Å². The first kappa shape index (κ1) is 15.7. The first-order valence-electron chi connectivity index (χ1n) is 7.03. The predicted molar refractivity (Wildman–Crippen MR) is 81.2 cm³/mol. The van der Waals surface area contributed by atoms with Gasteiger partial charge < -0.3 is 10.7 Å². The van der Waals surface area contributed by atoms with Crippen LogP contribution in [0.1, 0.15) is 59.7 Å². The molecule has 0 saturated heterocycles. The van der Waals surface area contributed by atoms with E-state index in [0.29, 0.717) is 11.9 Å². The van der Waals surface area contributed by atoms with Crippen molar-refractivity contribution in [2.45, 2.75) is 65.3 Å². The standard InChI is InChI=1S/C14H27N5/c1-6-8-10(7-2)16-11-9-12(19-15)18-13(17-11)14(3,4)5/h9-10H,6-8,15H2,1-5H3,(H2,16,17,18,19). The van der Waals surface area contributed by atoms with Crippen LogP contribution in [0, 0.1) is 0 Å². The number of hydrogen-bond donors (Lipinski definition) is 3. The summed E-state index contributed by atoms with van der Waals surface area (Å²) in [7, 11) is 0. The van der Waals surface area contributed by atoms with Gasteiger partial charge in [0.25, 0.3) is 0 Å². The summed E-state index contributed by atoms with van der Waals surface area (Å²) in [6.07, 6.45) is 3.37. The molecule has 19 heavy (non-hydrogen) atoms. The van der Waals surface area contributed by atoms with Crippen molar-refractivity contribution in [3.05, 3.63) is 11.9 Å². The Morgan fingerprint density at radius 3 is 2.32 bits per heavy atom. The molecule has 0 aliphatic rings. The topological polar surface area (TPSA) is 75.9 Å². The highest BCUT2D eigenvalue weighted by Gasteiger charge is 2.19. The average molecular weight is 265 g/mol. The lowest BCUT2D eigenvalue weighted by Gasteiger charge is -2.21. The Balaban J connectivity index is 3.00. The maximum Gasteiger partial charge on any atom is 0.145 e. The Bertz CT molecular complexity index is 397. The van der Waals surface area contributed by atoms with E-state index in [0.717, 1.165) is 30.9 Å². The van der Waals surface area contributed by atoms with E-state index < -0.39 is 0 Å². The van der Waals surface area contributed by atoms with Crippen LogP contribution < -0.4 is 16.6 Å². The molecule has 4 N–H and O–H groups in total. The molecule has 1 atom stereocenters. The molecule has 1 aromatic heterocycles. The second-order valence-electron chi connectivity index (χ2n) is 5.89. The molecule has 0 aliphatic carbocycles. The van der Waals surface area contributed by atoms with Gasteiger partial charge in [0.05, 0.1) is 0 Å². The lowest BCUT2D eigenvalue weighted by Crippen LogP contribution is -2.23. The third-order valence-corrected chi connectivity index (χ3v) is 3.03. The number of nitrogens with two attached hydrogens (primary N) is 1. The van der Waals surface area contributed by atoms with Gasteiger partial charge in [0, 0.05) is 17.5 Å². The number of nitrogens with zero attached hydrogens (tertiary/aromatic N) is 2. The van der Waals surface area contributed by atoms with E-state index in [1.165, 1.54) is 0 Å². The first-order valence-corrected chi connectivity index (χ1v) is 7.03. The average Bonchev–Trinajstić information content (AvgIpc) is 2.36. The maximum atomic E-state index is 5.48. The summed E-state index contributed by atoms with van der Waals surface area (Å²) >= 11 is 0. The number of hydrogen-bond acceptors (Lipinski definition) is 5. The summed E-state index contributed by atoms with van der Waals surface area (Å²) in [5.74, 6) is 7.76. The fourth-order valence-electron chi connectivity index (χ4n) is 1.87. The van der Waals surface area contributed by atoms with Crippen LogP contribution in [0.5, 0.6) is 0 Å². The summed E-state index contributed by atoms with van der Waals surface area (Å²) in [5, 5.41) is 3.47. The highest BCUT2D eigenvalue weighted by molar-refractivity contribution is 5.48. The van der Waals surface area contributed by atoms with Crippen LogP contribution >= 0.6 is 0 Å². The fraction of sp³-hybridized carbons (Fsp3) is 0.714. The SMILES string of the molecule is CCCC(CC)Nc1cc(NN)nc(C(C)(C)C)n1. The second kappa shape index (κ2) is 6.70. The molecule has 0 aliphatic heterocycles. The van der Waals surface area contributed by atoms with Crippen LogP contribution in [0.3, 0.4) is 0 Å². The predicted octanol–water partition coefficient (Wildman–Crippen LogP) is 3.05. The van der Waals surface area contributed by atoms with Crippen molar-refractivity contribution in [2.24, 2.45) is 5.84 Å². The zero-order valence-electron chi connectivity index (χ0n) is 12.7. The largest absolute Gasteiger partial charge is 0.367 e. The summed E-state index contributed by atoms with van der Waals surface area (Å²) in [6, 6.07) is 2.30. The van der Waals surface area contributed by atoms with E-state index in [9.17, 15) is 0 Å². The van der Waals surface area contributed by atoms with Gasteiger partial charge in [-0.3, -0.25) is 0 Å². The molecule has 108 valence electrons. The number of rotatable bonds is 6. The third-order valence-electron chi connectivity index (χ3n) is 3.03. The smallest absolute Gasteiger partial charge is 0.145 e. The summed E-state index contributed by atoms with van der Waals surface area (Å²) in [6.45, 7) is 10.7. The van der Waals surface area contributed by atoms with Crippen LogP contribution in [-0.4, -0.2) is 16.0 Å². The van der Waals surface area contributed by atoms with E-state index in [-0.39, 0.29) is 5.41 Å². The highest BCUT2D eigenvalue weighted by atomic mass is 15.3. The van der Waals surface area contributed by atoms with E-state index in [2.05, 4.69) is 55.3 Å². The van der Waals surface area contributed by atoms with Crippen LogP contribution in [0.25, 0.3) is 0 Å². The van der Waals surface area contributed by atoms with Gasteiger partial charge in [0.15, 0.2) is 0 Å².